The standard InChI is InChI=1S/2C32H27Cl4FN6O3.C32H27Cl2F3N6O3/c2*1-6-20(44)42-10-9-41(13-16(42)5)29-17-11-19(33)27(21-22(34)25(37)23(35)24(36)30(21)45)40-31(17)43(32(46)18(29)12-38)28-15(4)7-8-39-26(28)14(2)3;1-6-20(44)42-10-9-41(13-16(42)5)29-17-11-19(33)27(21-22(34)23(35)24(36)25(37)30(21)45)40-31(17)43(32(46)18(29)12-38)28-15(4)7-8-39-26(28)14(2)3/h3*6-8,11,14,16,45H,1,9-10,13H2,2-5H3/t3*16-/m111/s1. The highest BCUT2D eigenvalue weighted by Gasteiger charge is 2.40. The summed E-state index contributed by atoms with van der Waals surface area (Å²) in [6, 6.07) is 14.7. The van der Waals surface area contributed by atoms with Gasteiger partial charge in [0.25, 0.3) is 16.7 Å². The average Bonchev–Trinajstić information content (AvgIpc) is 0.726. The molecule has 15 rings (SSSR count). The molecule has 3 atom stereocenters. The first-order valence-corrected chi connectivity index (χ1v) is 46.2. The highest BCUT2D eigenvalue weighted by atomic mass is 35.5. The number of rotatable bonds is 15. The summed E-state index contributed by atoms with van der Waals surface area (Å²) in [4.78, 5) is 119. The summed E-state index contributed by atoms with van der Waals surface area (Å²) in [5.74, 6) is -11.7. The first-order valence-electron chi connectivity index (χ1n) is 42.4. The molecule has 3 amide bonds. The molecule has 3 fully saturated rings. The van der Waals surface area contributed by atoms with Crippen molar-refractivity contribution in [2.75, 3.05) is 73.6 Å². The fourth-order valence-corrected chi connectivity index (χ4v) is 19.8. The summed E-state index contributed by atoms with van der Waals surface area (Å²) in [6.07, 6.45) is 8.51. The van der Waals surface area contributed by atoms with E-state index >= 15 is 8.78 Å². The van der Waals surface area contributed by atoms with Gasteiger partial charge in [0.1, 0.15) is 83.4 Å². The molecule has 0 aliphatic carbocycles. The van der Waals surface area contributed by atoms with Gasteiger partial charge >= 0.3 is 0 Å². The van der Waals surface area contributed by atoms with Gasteiger partial charge in [0.15, 0.2) is 29.0 Å². The monoisotopic (exact) mass is 2070 g/mol. The van der Waals surface area contributed by atoms with Gasteiger partial charge in [-0.1, -0.05) is 177 Å². The van der Waals surface area contributed by atoms with Crippen LogP contribution >= 0.6 is 116 Å². The molecule has 12 aromatic rings. The third-order valence-electron chi connectivity index (χ3n) is 24.0. The largest absolute Gasteiger partial charge is 0.506 e. The Labute approximate surface area is 836 Å². The molecule has 3 aromatic carbocycles. The van der Waals surface area contributed by atoms with Crippen molar-refractivity contribution < 1.29 is 51.7 Å². The van der Waals surface area contributed by atoms with Crippen molar-refractivity contribution >= 4 is 184 Å². The molecule has 3 N–H and O–H groups in total. The molecule has 0 bridgehead atoms. The fourth-order valence-electron chi connectivity index (χ4n) is 17.4. The Morgan fingerprint density at radius 2 is 0.659 bits per heavy atom. The van der Waals surface area contributed by atoms with Crippen molar-refractivity contribution in [1.29, 1.82) is 15.8 Å². The van der Waals surface area contributed by atoms with E-state index in [9.17, 15) is 73.0 Å². The third kappa shape index (κ3) is 18.1. The number of benzene rings is 3. The van der Waals surface area contributed by atoms with Crippen LogP contribution in [0, 0.1) is 83.9 Å². The van der Waals surface area contributed by atoms with Crippen LogP contribution in [0.2, 0.25) is 50.2 Å². The Morgan fingerprint density at radius 3 is 0.906 bits per heavy atom. The van der Waals surface area contributed by atoms with Crippen molar-refractivity contribution in [2.45, 2.75) is 119 Å². The lowest BCUT2D eigenvalue weighted by Gasteiger charge is -2.41. The molecule has 0 radical (unpaired) electrons. The average molecular weight is 2080 g/mol. The minimum Gasteiger partial charge on any atom is -0.506 e. The van der Waals surface area contributed by atoms with E-state index in [1.54, 1.807) is 77.2 Å². The highest BCUT2D eigenvalue weighted by molar-refractivity contribution is 6.47. The van der Waals surface area contributed by atoms with E-state index in [0.717, 1.165) is 0 Å². The summed E-state index contributed by atoms with van der Waals surface area (Å²) in [7, 11) is 0. The van der Waals surface area contributed by atoms with Crippen LogP contribution in [0.3, 0.4) is 0 Å². The number of phenolic OH excluding ortho intramolecular Hbond substituents is 3. The second-order valence-corrected chi connectivity index (χ2v) is 37.4. The Bertz CT molecular complexity index is 6790. The highest BCUT2D eigenvalue weighted by Crippen LogP contribution is 2.53. The molecule has 42 heteroatoms. The van der Waals surface area contributed by atoms with Crippen LogP contribution in [0.25, 0.3) is 83.9 Å². The quantitative estimate of drug-likeness (QED) is 0.0371. The van der Waals surface area contributed by atoms with Crippen molar-refractivity contribution in [3.05, 3.63) is 254 Å². The Balaban J connectivity index is 0.000000175. The molecule has 9 aromatic heterocycles. The van der Waals surface area contributed by atoms with E-state index < -0.39 is 109 Å². The first-order chi connectivity index (χ1) is 65.2. The number of fused-ring (bicyclic) bond motifs is 3. The second-order valence-electron chi connectivity index (χ2n) is 33.6. The zero-order valence-corrected chi connectivity index (χ0v) is 82.9. The van der Waals surface area contributed by atoms with E-state index in [1.807, 2.05) is 78.2 Å². The van der Waals surface area contributed by atoms with E-state index in [1.165, 1.54) is 50.1 Å². The Kier molecular flexibility index (Phi) is 30.6. The molecule has 3 aliphatic rings. The van der Waals surface area contributed by atoms with Crippen molar-refractivity contribution in [2.24, 2.45) is 0 Å². The zero-order chi connectivity index (χ0) is 101. The van der Waals surface area contributed by atoms with E-state index in [4.69, 9.17) is 126 Å². The number of hydrogen-bond donors (Lipinski definition) is 3. The number of nitrogens with zero attached hydrogens (tertiary/aromatic N) is 18. The van der Waals surface area contributed by atoms with Gasteiger partial charge in [-0.25, -0.2) is 32.5 Å². The number of phenols is 3. The molecule has 138 heavy (non-hydrogen) atoms. The van der Waals surface area contributed by atoms with Gasteiger partial charge in [0.2, 0.25) is 23.5 Å². The van der Waals surface area contributed by atoms with Crippen molar-refractivity contribution in [3.63, 3.8) is 0 Å². The number of aromatic nitrogens is 9. The number of hydrogen-bond acceptors (Lipinski definition) is 21. The molecule has 0 spiro atoms. The maximum absolute atomic E-state index is 15.1. The van der Waals surface area contributed by atoms with E-state index in [-0.39, 0.29) is 193 Å². The summed E-state index contributed by atoms with van der Waals surface area (Å²) in [5, 5.41) is 59.9. The van der Waals surface area contributed by atoms with Gasteiger partial charge in [0, 0.05) is 112 Å². The molecule has 0 unspecified atom stereocenters. The third-order valence-corrected chi connectivity index (χ3v) is 27.5. The number of aromatic hydroxyl groups is 3. The molecule has 27 nitrogen and oxygen atoms in total. The Hall–Kier alpha value is -12.4. The number of pyridine rings is 9. The molecular formula is C96H81Cl10F5N18O9. The molecule has 3 saturated heterocycles. The second kappa shape index (κ2) is 41.0. The summed E-state index contributed by atoms with van der Waals surface area (Å²) in [6.45, 7) is 35.3. The smallest absolute Gasteiger partial charge is 0.276 e. The van der Waals surface area contributed by atoms with Crippen molar-refractivity contribution in [1.82, 2.24) is 58.3 Å². The summed E-state index contributed by atoms with van der Waals surface area (Å²) >= 11 is 63.2. The van der Waals surface area contributed by atoms with Gasteiger partial charge in [-0.2, -0.15) is 20.2 Å². The predicted octanol–water partition coefficient (Wildman–Crippen LogP) is 21.3. The maximum Gasteiger partial charge on any atom is 0.276 e. The lowest BCUT2D eigenvalue weighted by Crippen LogP contribution is -2.54. The van der Waals surface area contributed by atoms with Gasteiger partial charge in [-0.15, -0.1) is 0 Å². The topological polar surface area (TPSA) is 346 Å². The number of carbonyl (C=O) groups excluding carboxylic acids is 3. The molecule has 0 saturated carbocycles. The number of nitriles is 3. The van der Waals surface area contributed by atoms with Crippen LogP contribution in [-0.4, -0.2) is 168 Å². The normalized spacial score (nSPS) is 15.0. The lowest BCUT2D eigenvalue weighted by molar-refractivity contribution is -0.129. The predicted molar refractivity (Wildman–Crippen MR) is 528 cm³/mol. The SMILES string of the molecule is C=CC(=O)N1CCN(c2c(C#N)c(=O)n(-c3c(C)ccnc3C(C)C)c3nc(-c4c(O)c(Cl)c(Cl)c(F)c4Cl)c(Cl)cc23)C[C@H]1C.C=CC(=O)N1CCN(c2c(C#N)c(=O)n(-c3c(C)ccnc3C(C)C)c3nc(-c4c(O)c(Cl)c(Cl)c(F)c4Cl)c(Cl)cc23)C[C@H]1C.C=CC(=O)N1CCN(c2c(C#N)c(=O)n(-c3c(C)ccnc3C(C)C)c3nc(-c4c(O)c(F)c(F)c(F)c4Cl)c(Cl)cc23)C[C@H]1C. The Morgan fingerprint density at radius 1 is 0.399 bits per heavy atom. The number of piperazine rings is 3. The van der Waals surface area contributed by atoms with E-state index in [0.29, 0.717) is 74.7 Å². The fraction of sp³-hybridized carbons (Fsp3) is 0.281. The number of amides is 3. The van der Waals surface area contributed by atoms with Crippen LogP contribution in [0.15, 0.2) is 107 Å². The van der Waals surface area contributed by atoms with Gasteiger partial charge in [0.05, 0.1) is 115 Å². The van der Waals surface area contributed by atoms with Crippen molar-refractivity contribution in [3.8, 4) is 86.3 Å². The van der Waals surface area contributed by atoms with Crippen LogP contribution in [0.4, 0.5) is 39.0 Å². The number of aryl methyl sites for hydroxylation is 3. The first kappa shape index (κ1) is 103. The minimum atomic E-state index is -1.99. The molecular weight excluding hydrogens is 2000 g/mol. The number of halogens is 15. The van der Waals surface area contributed by atoms with Crippen LogP contribution in [-0.2, 0) is 14.4 Å². The van der Waals surface area contributed by atoms with Crippen LogP contribution < -0.4 is 31.4 Å². The van der Waals surface area contributed by atoms with Gasteiger partial charge in [-0.3, -0.25) is 57.4 Å². The molecule has 714 valence electrons. The van der Waals surface area contributed by atoms with Gasteiger partial charge < -0.3 is 44.7 Å². The summed E-state index contributed by atoms with van der Waals surface area (Å²) in [5.41, 5.74) is 0.430. The molecule has 12 heterocycles. The lowest BCUT2D eigenvalue weighted by atomic mass is 10.0. The zero-order valence-electron chi connectivity index (χ0n) is 75.4. The van der Waals surface area contributed by atoms with Gasteiger partial charge in [-0.05, 0) is 131 Å². The maximum atomic E-state index is 15.1. The van der Waals surface area contributed by atoms with Crippen LogP contribution in [0.1, 0.15) is 131 Å². The van der Waals surface area contributed by atoms with Crippen LogP contribution in [0.5, 0.6) is 17.2 Å². The number of anilines is 3. The number of carbonyl (C=O) groups is 3. The molecule has 3 aliphatic heterocycles. The minimum absolute atomic E-state index is 0.0376. The summed E-state index contributed by atoms with van der Waals surface area (Å²) < 4.78 is 77.2. The van der Waals surface area contributed by atoms with E-state index in [2.05, 4.69) is 51.8 Å².